The average molecular weight is 443 g/mol. The Balaban J connectivity index is 1.60. The van der Waals surface area contributed by atoms with Crippen molar-refractivity contribution in [2.75, 3.05) is 29.9 Å². The summed E-state index contributed by atoms with van der Waals surface area (Å²) in [6.45, 7) is 3.00. The third-order valence-electron chi connectivity index (χ3n) is 5.44. The van der Waals surface area contributed by atoms with Crippen LogP contribution in [0.25, 0.3) is 10.9 Å². The van der Waals surface area contributed by atoms with E-state index >= 15 is 0 Å². The zero-order valence-corrected chi connectivity index (χ0v) is 17.3. The largest absolute Gasteiger partial charge is 0.435 e. The van der Waals surface area contributed by atoms with Crippen molar-refractivity contribution in [1.29, 1.82) is 0 Å². The van der Waals surface area contributed by atoms with Gasteiger partial charge in [0.05, 0.1) is 6.20 Å². The minimum Gasteiger partial charge on any atom is -0.435 e. The van der Waals surface area contributed by atoms with E-state index in [1.54, 1.807) is 12.1 Å². The highest BCUT2D eigenvalue weighted by Crippen LogP contribution is 2.28. The first-order chi connectivity index (χ1) is 15.5. The molecule has 168 valence electrons. The van der Waals surface area contributed by atoms with Gasteiger partial charge in [0.15, 0.2) is 0 Å². The number of hydrogen-bond acceptors (Lipinski definition) is 8. The summed E-state index contributed by atoms with van der Waals surface area (Å²) in [5.74, 6) is 1.45. The Kier molecular flexibility index (Phi) is 6.52. The van der Waals surface area contributed by atoms with Gasteiger partial charge in [-0.2, -0.15) is 18.9 Å². The van der Waals surface area contributed by atoms with Crippen LogP contribution in [0.1, 0.15) is 19.3 Å². The molecule has 0 amide bonds. The Morgan fingerprint density at radius 2 is 2.00 bits per heavy atom. The highest BCUT2D eigenvalue weighted by Gasteiger charge is 2.22. The molecule has 0 saturated carbocycles. The van der Waals surface area contributed by atoms with Gasteiger partial charge in [0.2, 0.25) is 5.95 Å². The zero-order chi connectivity index (χ0) is 22.5. The van der Waals surface area contributed by atoms with Crippen LogP contribution in [0.4, 0.5) is 26.2 Å². The molecule has 0 unspecified atom stereocenters. The highest BCUT2D eigenvalue weighted by molar-refractivity contribution is 5.90. The van der Waals surface area contributed by atoms with Crippen molar-refractivity contribution in [2.45, 2.75) is 25.9 Å². The number of fused-ring (bicyclic) bond motifs is 1. The van der Waals surface area contributed by atoms with Crippen molar-refractivity contribution in [2.24, 2.45) is 10.9 Å². The number of halogens is 2. The molecule has 1 saturated heterocycles. The van der Waals surface area contributed by atoms with E-state index in [9.17, 15) is 13.6 Å². The second-order valence-corrected chi connectivity index (χ2v) is 7.53. The monoisotopic (exact) mass is 443 g/mol. The molecular weight excluding hydrogens is 420 g/mol. The van der Waals surface area contributed by atoms with Crippen LogP contribution in [0.15, 0.2) is 40.2 Å². The van der Waals surface area contributed by atoms with Crippen LogP contribution in [-0.2, 0) is 0 Å². The van der Waals surface area contributed by atoms with Crippen molar-refractivity contribution in [3.05, 3.63) is 40.8 Å². The zero-order valence-electron chi connectivity index (χ0n) is 17.3. The minimum absolute atomic E-state index is 0.0374. The number of H-pyrrole nitrogens is 1. The van der Waals surface area contributed by atoms with Crippen molar-refractivity contribution in [3.63, 3.8) is 0 Å². The lowest BCUT2D eigenvalue weighted by Crippen LogP contribution is -2.35. The maximum Gasteiger partial charge on any atom is 0.387 e. The lowest BCUT2D eigenvalue weighted by molar-refractivity contribution is -0.0498. The number of aromatic amines is 1. The molecule has 1 fully saturated rings. The molecule has 9 nitrogen and oxygen atoms in total. The number of hydrogen-bond donors (Lipinski definition) is 2. The Morgan fingerprint density at radius 3 is 2.69 bits per heavy atom. The molecule has 0 bridgehead atoms. The van der Waals surface area contributed by atoms with Crippen LogP contribution in [-0.4, -0.2) is 53.1 Å². The number of nitrogens with one attached hydrogen (secondary N) is 2. The van der Waals surface area contributed by atoms with Crippen molar-refractivity contribution in [3.8, 4) is 5.75 Å². The molecule has 2 N–H and O–H groups in total. The predicted molar refractivity (Wildman–Crippen MR) is 118 cm³/mol. The van der Waals surface area contributed by atoms with Gasteiger partial charge in [-0.05, 0) is 56.2 Å². The van der Waals surface area contributed by atoms with Crippen molar-refractivity contribution in [1.82, 2.24) is 20.2 Å². The van der Waals surface area contributed by atoms with E-state index in [-0.39, 0.29) is 11.1 Å². The maximum absolute atomic E-state index is 12.4. The lowest BCUT2D eigenvalue weighted by atomic mass is 9.94. The van der Waals surface area contributed by atoms with Gasteiger partial charge in [0.1, 0.15) is 22.5 Å². The fourth-order valence-electron chi connectivity index (χ4n) is 3.77. The predicted octanol–water partition coefficient (Wildman–Crippen LogP) is 3.37. The maximum atomic E-state index is 12.4. The molecule has 32 heavy (non-hydrogen) atoms. The molecule has 1 aromatic carbocycles. The number of ether oxygens (including phenoxy) is 1. The molecule has 11 heteroatoms. The average Bonchev–Trinajstić information content (AvgIpc) is 2.79. The topological polar surface area (TPSA) is 108 Å². The summed E-state index contributed by atoms with van der Waals surface area (Å²) in [4.78, 5) is 27.6. The highest BCUT2D eigenvalue weighted by atomic mass is 19.3. The van der Waals surface area contributed by atoms with Crippen molar-refractivity contribution >= 4 is 35.1 Å². The van der Waals surface area contributed by atoms with E-state index in [0.29, 0.717) is 28.9 Å². The van der Waals surface area contributed by atoms with Gasteiger partial charge in [0.25, 0.3) is 5.56 Å². The SMILES string of the molecule is C=NCCC1CCN(c2nc(Nc3ccc(OC(F)F)cc3)c3c(=O)[nH]ncc3n2)CC1. The first kappa shape index (κ1) is 21.6. The normalized spacial score (nSPS) is 14.7. The van der Waals surface area contributed by atoms with E-state index in [0.717, 1.165) is 38.9 Å². The molecule has 3 aromatic rings. The summed E-state index contributed by atoms with van der Waals surface area (Å²) < 4.78 is 29.1. The number of benzene rings is 1. The number of nitrogens with zero attached hydrogens (tertiary/aromatic N) is 5. The third kappa shape index (κ3) is 4.98. The Bertz CT molecular complexity index is 1130. The number of piperidine rings is 1. The van der Waals surface area contributed by atoms with Crippen LogP contribution >= 0.6 is 0 Å². The number of alkyl halides is 2. The summed E-state index contributed by atoms with van der Waals surface area (Å²) in [6.07, 6.45) is 4.50. The smallest absolute Gasteiger partial charge is 0.387 e. The quantitative estimate of drug-likeness (QED) is 0.514. The van der Waals surface area contributed by atoms with E-state index < -0.39 is 12.2 Å². The molecule has 3 heterocycles. The number of aromatic nitrogens is 4. The Labute approximate surface area is 182 Å². The second kappa shape index (κ2) is 9.67. The molecular formula is C21H23F2N7O2. The van der Waals surface area contributed by atoms with E-state index in [4.69, 9.17) is 0 Å². The van der Waals surface area contributed by atoms with Gasteiger partial charge in [0, 0.05) is 25.3 Å². The number of rotatable bonds is 8. The van der Waals surface area contributed by atoms with E-state index in [2.05, 4.69) is 46.8 Å². The van der Waals surface area contributed by atoms with Gasteiger partial charge in [-0.25, -0.2) is 10.1 Å². The van der Waals surface area contributed by atoms with Crippen LogP contribution in [0.3, 0.4) is 0 Å². The first-order valence-corrected chi connectivity index (χ1v) is 10.3. The molecule has 1 aliphatic heterocycles. The van der Waals surface area contributed by atoms with Crippen LogP contribution in [0, 0.1) is 5.92 Å². The lowest BCUT2D eigenvalue weighted by Gasteiger charge is -2.32. The minimum atomic E-state index is -2.90. The fourth-order valence-corrected chi connectivity index (χ4v) is 3.77. The van der Waals surface area contributed by atoms with Gasteiger partial charge >= 0.3 is 6.61 Å². The first-order valence-electron chi connectivity index (χ1n) is 10.3. The van der Waals surface area contributed by atoms with Gasteiger partial charge in [-0.3, -0.25) is 4.79 Å². The van der Waals surface area contributed by atoms with Gasteiger partial charge < -0.3 is 19.9 Å². The second-order valence-electron chi connectivity index (χ2n) is 7.53. The summed E-state index contributed by atoms with van der Waals surface area (Å²) >= 11 is 0. The van der Waals surface area contributed by atoms with Gasteiger partial charge in [-0.1, -0.05) is 0 Å². The van der Waals surface area contributed by atoms with E-state index in [1.165, 1.54) is 18.3 Å². The molecule has 2 aromatic heterocycles. The fraction of sp³-hybridized carbons (Fsp3) is 0.381. The van der Waals surface area contributed by atoms with Gasteiger partial charge in [-0.15, -0.1) is 0 Å². The Hall–Kier alpha value is -3.63. The summed E-state index contributed by atoms with van der Waals surface area (Å²) in [5, 5.41) is 9.62. The molecule has 0 aliphatic carbocycles. The number of aliphatic imine (C=N–C) groups is 1. The molecule has 0 atom stereocenters. The summed E-state index contributed by atoms with van der Waals surface area (Å²) in [7, 11) is 0. The molecule has 1 aliphatic rings. The molecule has 0 spiro atoms. The van der Waals surface area contributed by atoms with Crippen LogP contribution < -0.4 is 20.5 Å². The standard InChI is InChI=1S/C21H23F2N7O2/c1-24-9-6-13-7-10-30(11-8-13)21-27-16-12-25-29-19(31)17(16)18(28-21)26-14-2-4-15(5-3-14)32-20(22)23/h2-5,12-13,20H,1,6-11H2,(H,29,31)(H,26,27,28). The molecule has 4 rings (SSSR count). The number of anilines is 3. The Morgan fingerprint density at radius 1 is 1.25 bits per heavy atom. The van der Waals surface area contributed by atoms with Crippen molar-refractivity contribution < 1.29 is 13.5 Å². The summed E-state index contributed by atoms with van der Waals surface area (Å²) in [6, 6.07) is 5.96. The van der Waals surface area contributed by atoms with Crippen LogP contribution in [0.5, 0.6) is 5.75 Å². The van der Waals surface area contributed by atoms with Crippen LogP contribution in [0.2, 0.25) is 0 Å². The summed E-state index contributed by atoms with van der Waals surface area (Å²) in [5.41, 5.74) is 0.547. The van der Waals surface area contributed by atoms with E-state index in [1.807, 2.05) is 0 Å². The molecule has 0 radical (unpaired) electrons. The third-order valence-corrected chi connectivity index (χ3v) is 5.44.